The van der Waals surface area contributed by atoms with E-state index in [1.807, 2.05) is 30.3 Å². The summed E-state index contributed by atoms with van der Waals surface area (Å²) in [7, 11) is -3.80. The average molecular weight is 303 g/mol. The molecule has 0 aliphatic carbocycles. The van der Waals surface area contributed by atoms with Crippen LogP contribution in [0.4, 0.5) is 5.69 Å². The van der Waals surface area contributed by atoms with Crippen LogP contribution in [-0.4, -0.2) is 13.4 Å². The fraction of sp³-hybridized carbons (Fsp3) is 0.0714. The van der Waals surface area contributed by atoms with Gasteiger partial charge in [0.2, 0.25) is 5.09 Å². The lowest BCUT2D eigenvalue weighted by molar-refractivity contribution is 0.419. The molecular weight excluding hydrogens is 290 g/mol. The van der Waals surface area contributed by atoms with E-state index in [9.17, 15) is 8.42 Å². The van der Waals surface area contributed by atoms with Crippen LogP contribution >= 0.6 is 0 Å². The number of pyridine rings is 1. The number of hydrogen-bond acceptors (Lipinski definition) is 5. The topological polar surface area (TPSA) is 98.2 Å². The van der Waals surface area contributed by atoms with Crippen LogP contribution in [0.15, 0.2) is 58.2 Å². The Morgan fingerprint density at radius 3 is 2.76 bits per heavy atom. The molecule has 2 heterocycles. The van der Waals surface area contributed by atoms with Crippen molar-refractivity contribution in [2.45, 2.75) is 11.6 Å². The molecule has 6 nitrogen and oxygen atoms in total. The number of nitrogens with zero attached hydrogens (tertiary/aromatic N) is 1. The van der Waals surface area contributed by atoms with Gasteiger partial charge in [-0.2, -0.15) is 0 Å². The number of aromatic nitrogens is 1. The third-order valence-corrected chi connectivity index (χ3v) is 3.80. The molecule has 108 valence electrons. The molecule has 0 bridgehead atoms. The van der Waals surface area contributed by atoms with Crippen LogP contribution in [0.25, 0.3) is 10.9 Å². The molecule has 0 amide bonds. The van der Waals surface area contributed by atoms with Crippen molar-refractivity contribution in [2.24, 2.45) is 5.14 Å². The molecule has 2 aromatic heterocycles. The smallest absolute Gasteiger partial charge is 0.271 e. The number of rotatable bonds is 4. The van der Waals surface area contributed by atoms with Gasteiger partial charge in [-0.05, 0) is 36.4 Å². The second kappa shape index (κ2) is 5.19. The van der Waals surface area contributed by atoms with Crippen molar-refractivity contribution in [2.75, 3.05) is 5.32 Å². The third-order valence-electron chi connectivity index (χ3n) is 3.02. The van der Waals surface area contributed by atoms with E-state index in [-0.39, 0.29) is 5.09 Å². The van der Waals surface area contributed by atoms with Crippen LogP contribution in [0.1, 0.15) is 5.76 Å². The van der Waals surface area contributed by atoms with Crippen LogP contribution < -0.4 is 10.5 Å². The number of benzene rings is 1. The van der Waals surface area contributed by atoms with E-state index in [1.54, 1.807) is 12.3 Å². The van der Waals surface area contributed by atoms with E-state index in [4.69, 9.17) is 9.56 Å². The molecule has 21 heavy (non-hydrogen) atoms. The molecule has 0 aliphatic heterocycles. The summed E-state index contributed by atoms with van der Waals surface area (Å²) in [6, 6.07) is 12.5. The van der Waals surface area contributed by atoms with Gasteiger partial charge in [0.25, 0.3) is 10.0 Å². The monoisotopic (exact) mass is 303 g/mol. The zero-order valence-electron chi connectivity index (χ0n) is 11.0. The summed E-state index contributed by atoms with van der Waals surface area (Å²) in [5.74, 6) is 0.486. The molecular formula is C14H13N3O3S. The van der Waals surface area contributed by atoms with Gasteiger partial charge in [0.05, 0.1) is 12.1 Å². The largest absolute Gasteiger partial charge is 0.446 e. The Bertz CT molecular complexity index is 882. The summed E-state index contributed by atoms with van der Waals surface area (Å²) in [5.41, 5.74) is 1.78. The quantitative estimate of drug-likeness (QED) is 0.769. The predicted molar refractivity (Wildman–Crippen MR) is 79.2 cm³/mol. The van der Waals surface area contributed by atoms with Gasteiger partial charge >= 0.3 is 0 Å². The van der Waals surface area contributed by atoms with Crippen molar-refractivity contribution >= 4 is 26.6 Å². The van der Waals surface area contributed by atoms with Crippen LogP contribution in [0, 0.1) is 0 Å². The van der Waals surface area contributed by atoms with E-state index in [2.05, 4.69) is 10.3 Å². The van der Waals surface area contributed by atoms with Gasteiger partial charge in [0.1, 0.15) is 5.76 Å². The number of fused-ring (bicyclic) bond motifs is 1. The minimum absolute atomic E-state index is 0.237. The first kappa shape index (κ1) is 13.6. The standard InChI is InChI=1S/C14H13N3O3S/c15-21(18,19)14-7-6-10(20-14)9-17-13-5-1-4-12-11(13)3-2-8-16-12/h1-8,17H,9H2,(H2,15,18,19). The Hall–Kier alpha value is -2.38. The highest BCUT2D eigenvalue weighted by molar-refractivity contribution is 7.89. The Labute approximate surface area is 121 Å². The summed E-state index contributed by atoms with van der Waals surface area (Å²) in [6.07, 6.45) is 1.73. The third kappa shape index (κ3) is 2.88. The minimum atomic E-state index is -3.80. The van der Waals surface area contributed by atoms with Crippen molar-refractivity contribution < 1.29 is 12.8 Å². The highest BCUT2D eigenvalue weighted by Gasteiger charge is 2.13. The fourth-order valence-electron chi connectivity index (χ4n) is 2.05. The van der Waals surface area contributed by atoms with Gasteiger partial charge < -0.3 is 9.73 Å². The second-order valence-electron chi connectivity index (χ2n) is 4.49. The first-order chi connectivity index (χ1) is 10.0. The summed E-state index contributed by atoms with van der Waals surface area (Å²) in [6.45, 7) is 0.351. The van der Waals surface area contributed by atoms with E-state index >= 15 is 0 Å². The maximum Gasteiger partial charge on any atom is 0.271 e. The molecule has 0 aliphatic rings. The van der Waals surface area contributed by atoms with Crippen LogP contribution in [0.2, 0.25) is 0 Å². The number of furan rings is 1. The normalized spacial score (nSPS) is 11.7. The molecule has 3 N–H and O–H groups in total. The zero-order chi connectivity index (χ0) is 14.9. The Morgan fingerprint density at radius 2 is 2.00 bits per heavy atom. The van der Waals surface area contributed by atoms with Crippen LogP contribution in [0.3, 0.4) is 0 Å². The molecule has 0 radical (unpaired) electrons. The molecule has 0 fully saturated rings. The molecule has 0 saturated heterocycles. The summed E-state index contributed by atoms with van der Waals surface area (Å²) < 4.78 is 27.5. The SMILES string of the molecule is NS(=O)(=O)c1ccc(CNc2cccc3ncccc23)o1. The van der Waals surface area contributed by atoms with Gasteiger partial charge in [-0.25, -0.2) is 13.6 Å². The lowest BCUT2D eigenvalue weighted by atomic mass is 10.2. The highest BCUT2D eigenvalue weighted by atomic mass is 32.2. The number of nitrogens with one attached hydrogen (secondary N) is 1. The van der Waals surface area contributed by atoms with Crippen molar-refractivity contribution in [1.29, 1.82) is 0 Å². The van der Waals surface area contributed by atoms with Gasteiger partial charge in [-0.15, -0.1) is 0 Å². The lowest BCUT2D eigenvalue weighted by Gasteiger charge is -2.07. The Kier molecular flexibility index (Phi) is 3.36. The van der Waals surface area contributed by atoms with Crippen molar-refractivity contribution in [1.82, 2.24) is 4.98 Å². The summed E-state index contributed by atoms with van der Waals surface area (Å²) in [4.78, 5) is 4.27. The number of hydrogen-bond donors (Lipinski definition) is 2. The molecule has 1 aromatic carbocycles. The maximum absolute atomic E-state index is 11.2. The Morgan fingerprint density at radius 1 is 1.14 bits per heavy atom. The van der Waals surface area contributed by atoms with E-state index in [0.29, 0.717) is 12.3 Å². The predicted octanol–water partition coefficient (Wildman–Crippen LogP) is 2.09. The van der Waals surface area contributed by atoms with Crippen molar-refractivity contribution in [3.63, 3.8) is 0 Å². The van der Waals surface area contributed by atoms with Gasteiger partial charge in [0.15, 0.2) is 0 Å². The molecule has 3 aromatic rings. The van der Waals surface area contributed by atoms with Gasteiger partial charge in [-0.3, -0.25) is 4.98 Å². The molecule has 0 atom stereocenters. The van der Waals surface area contributed by atoms with E-state index < -0.39 is 10.0 Å². The van der Waals surface area contributed by atoms with Crippen LogP contribution in [-0.2, 0) is 16.6 Å². The Balaban J connectivity index is 1.82. The molecule has 3 rings (SSSR count). The zero-order valence-corrected chi connectivity index (χ0v) is 11.8. The van der Waals surface area contributed by atoms with Crippen molar-refractivity contribution in [3.8, 4) is 0 Å². The van der Waals surface area contributed by atoms with Gasteiger partial charge in [-0.1, -0.05) is 6.07 Å². The molecule has 0 unspecified atom stereocenters. The summed E-state index contributed by atoms with van der Waals surface area (Å²) in [5, 5.41) is 8.95. The second-order valence-corrected chi connectivity index (χ2v) is 5.99. The van der Waals surface area contributed by atoms with Gasteiger partial charge in [0, 0.05) is 17.3 Å². The first-order valence-corrected chi connectivity index (χ1v) is 7.78. The minimum Gasteiger partial charge on any atom is -0.446 e. The highest BCUT2D eigenvalue weighted by Crippen LogP contribution is 2.22. The molecule has 0 saturated carbocycles. The van der Waals surface area contributed by atoms with Crippen LogP contribution in [0.5, 0.6) is 0 Å². The number of sulfonamides is 1. The summed E-state index contributed by atoms with van der Waals surface area (Å²) >= 11 is 0. The maximum atomic E-state index is 11.2. The number of primary sulfonamides is 1. The number of nitrogens with two attached hydrogens (primary N) is 1. The molecule has 7 heteroatoms. The van der Waals surface area contributed by atoms with E-state index in [0.717, 1.165) is 16.6 Å². The first-order valence-electron chi connectivity index (χ1n) is 6.23. The van der Waals surface area contributed by atoms with Crippen molar-refractivity contribution in [3.05, 3.63) is 54.4 Å². The average Bonchev–Trinajstić information content (AvgIpc) is 2.94. The fourth-order valence-corrected chi connectivity index (χ4v) is 2.53. The van der Waals surface area contributed by atoms with E-state index in [1.165, 1.54) is 6.07 Å². The lowest BCUT2D eigenvalue weighted by Crippen LogP contribution is -2.10. The molecule has 0 spiro atoms. The number of anilines is 1.